The van der Waals surface area contributed by atoms with Crippen molar-refractivity contribution in [3.8, 4) is 0 Å². The van der Waals surface area contributed by atoms with E-state index in [0.717, 1.165) is 0 Å². The van der Waals surface area contributed by atoms with Gasteiger partial charge in [0, 0.05) is 40.1 Å². The van der Waals surface area contributed by atoms with E-state index in [1.165, 1.54) is 10.5 Å². The summed E-state index contributed by atoms with van der Waals surface area (Å²) in [6.45, 7) is 3.48. The van der Waals surface area contributed by atoms with Gasteiger partial charge >= 0.3 is 0 Å². The zero-order chi connectivity index (χ0) is 14.3. The predicted molar refractivity (Wildman–Crippen MR) is 74.7 cm³/mol. The van der Waals surface area contributed by atoms with Gasteiger partial charge in [0.15, 0.2) is 5.03 Å². The van der Waals surface area contributed by atoms with Gasteiger partial charge in [0.1, 0.15) is 0 Å². The fraction of sp³-hybridized carbons (Fsp3) is 0.583. The molecular formula is C12H21N3O3S. The fourth-order valence-electron chi connectivity index (χ4n) is 1.62. The molecule has 6 nitrogen and oxygen atoms in total. The average molecular weight is 287 g/mol. The quantitative estimate of drug-likeness (QED) is 0.727. The van der Waals surface area contributed by atoms with Crippen LogP contribution in [0.1, 0.15) is 13.3 Å². The number of nitrogens with one attached hydrogen (secondary N) is 1. The van der Waals surface area contributed by atoms with E-state index in [1.54, 1.807) is 26.3 Å². The highest BCUT2D eigenvalue weighted by atomic mass is 32.2. The number of sulfonamides is 1. The highest BCUT2D eigenvalue weighted by molar-refractivity contribution is 7.89. The third kappa shape index (κ3) is 4.15. The zero-order valence-corrected chi connectivity index (χ0v) is 12.4. The molecule has 1 heterocycles. The van der Waals surface area contributed by atoms with Gasteiger partial charge in [0.25, 0.3) is 10.0 Å². The Morgan fingerprint density at radius 2 is 2.21 bits per heavy atom. The van der Waals surface area contributed by atoms with Crippen LogP contribution in [0, 0.1) is 0 Å². The summed E-state index contributed by atoms with van der Waals surface area (Å²) in [7, 11) is -0.423. The van der Waals surface area contributed by atoms with E-state index >= 15 is 0 Å². The van der Waals surface area contributed by atoms with Gasteiger partial charge in [0.2, 0.25) is 0 Å². The molecule has 7 heteroatoms. The highest BCUT2D eigenvalue weighted by Gasteiger charge is 2.24. The van der Waals surface area contributed by atoms with E-state index in [9.17, 15) is 8.42 Å². The number of hydrogen-bond donors (Lipinski definition) is 1. The number of rotatable bonds is 8. The summed E-state index contributed by atoms with van der Waals surface area (Å²) in [5, 5.41) is 3.08. The maximum atomic E-state index is 12.4. The Balaban J connectivity index is 2.93. The lowest BCUT2D eigenvalue weighted by Crippen LogP contribution is -2.30. The van der Waals surface area contributed by atoms with Crippen LogP contribution in [0.3, 0.4) is 0 Å². The molecule has 0 bridgehead atoms. The molecule has 1 aromatic rings. The molecule has 1 rings (SSSR count). The first kappa shape index (κ1) is 15.9. The second-order valence-electron chi connectivity index (χ2n) is 4.06. The molecule has 1 aromatic heterocycles. The van der Waals surface area contributed by atoms with Crippen LogP contribution in [0.25, 0.3) is 0 Å². The second kappa shape index (κ2) is 7.42. The predicted octanol–water partition coefficient (Wildman–Crippen LogP) is 1.17. The van der Waals surface area contributed by atoms with E-state index in [0.29, 0.717) is 31.8 Å². The molecule has 0 amide bonds. The maximum absolute atomic E-state index is 12.4. The molecule has 0 aromatic carbocycles. The minimum atomic E-state index is -3.57. The number of nitrogens with zero attached hydrogens (tertiary/aromatic N) is 2. The highest BCUT2D eigenvalue weighted by Crippen LogP contribution is 2.21. The Morgan fingerprint density at radius 1 is 1.47 bits per heavy atom. The minimum Gasteiger partial charge on any atom is -0.385 e. The van der Waals surface area contributed by atoms with Crippen LogP contribution < -0.4 is 5.32 Å². The van der Waals surface area contributed by atoms with Crippen LogP contribution in [0.4, 0.5) is 5.69 Å². The summed E-state index contributed by atoms with van der Waals surface area (Å²) >= 11 is 0. The molecule has 0 saturated heterocycles. The smallest absolute Gasteiger partial charge is 0.262 e. The molecule has 0 saturated carbocycles. The summed E-state index contributed by atoms with van der Waals surface area (Å²) in [6, 6.07) is 3.42. The lowest BCUT2D eigenvalue weighted by atomic mass is 10.4. The van der Waals surface area contributed by atoms with Crippen LogP contribution in [-0.4, -0.2) is 51.6 Å². The first-order valence-electron chi connectivity index (χ1n) is 6.18. The molecule has 0 unspecified atom stereocenters. The fourth-order valence-corrected chi connectivity index (χ4v) is 2.90. The van der Waals surface area contributed by atoms with Gasteiger partial charge in [-0.05, 0) is 25.5 Å². The van der Waals surface area contributed by atoms with Crippen LogP contribution >= 0.6 is 0 Å². The monoisotopic (exact) mass is 287 g/mol. The SMILES string of the molecule is CCNc1cccnc1S(=O)(=O)N(C)CCCOC. The molecule has 0 radical (unpaired) electrons. The van der Waals surface area contributed by atoms with Crippen molar-refractivity contribution in [3.05, 3.63) is 18.3 Å². The summed E-state index contributed by atoms with van der Waals surface area (Å²) < 4.78 is 31.0. The van der Waals surface area contributed by atoms with Crippen molar-refractivity contribution in [2.45, 2.75) is 18.4 Å². The molecule has 1 N–H and O–H groups in total. The molecule has 0 fully saturated rings. The van der Waals surface area contributed by atoms with E-state index in [2.05, 4.69) is 10.3 Å². The van der Waals surface area contributed by atoms with Crippen LogP contribution in [0.15, 0.2) is 23.4 Å². The first-order valence-corrected chi connectivity index (χ1v) is 7.62. The van der Waals surface area contributed by atoms with E-state index in [1.807, 2.05) is 6.92 Å². The molecule has 19 heavy (non-hydrogen) atoms. The lowest BCUT2D eigenvalue weighted by molar-refractivity contribution is 0.189. The van der Waals surface area contributed by atoms with E-state index in [-0.39, 0.29) is 5.03 Å². The zero-order valence-electron chi connectivity index (χ0n) is 11.6. The average Bonchev–Trinajstić information content (AvgIpc) is 2.39. The normalized spacial score (nSPS) is 11.8. The molecule has 0 aliphatic heterocycles. The van der Waals surface area contributed by atoms with Gasteiger partial charge in [-0.1, -0.05) is 0 Å². The number of aromatic nitrogens is 1. The summed E-state index contributed by atoms with van der Waals surface area (Å²) in [5.74, 6) is 0. The number of anilines is 1. The number of methoxy groups -OCH3 is 1. The van der Waals surface area contributed by atoms with Crippen molar-refractivity contribution in [2.24, 2.45) is 0 Å². The van der Waals surface area contributed by atoms with Gasteiger partial charge in [-0.25, -0.2) is 13.4 Å². The third-order valence-corrected chi connectivity index (χ3v) is 4.43. The van der Waals surface area contributed by atoms with Gasteiger partial charge < -0.3 is 10.1 Å². The van der Waals surface area contributed by atoms with Crippen molar-refractivity contribution in [1.29, 1.82) is 0 Å². The van der Waals surface area contributed by atoms with Crippen molar-refractivity contribution in [1.82, 2.24) is 9.29 Å². The molecule has 0 aliphatic carbocycles. The third-order valence-electron chi connectivity index (χ3n) is 2.61. The molecule has 0 spiro atoms. The van der Waals surface area contributed by atoms with Gasteiger partial charge in [-0.15, -0.1) is 0 Å². The maximum Gasteiger partial charge on any atom is 0.262 e. The first-order chi connectivity index (χ1) is 9.04. The van der Waals surface area contributed by atoms with Crippen LogP contribution in [-0.2, 0) is 14.8 Å². The molecule has 0 atom stereocenters. The van der Waals surface area contributed by atoms with E-state index < -0.39 is 10.0 Å². The summed E-state index contributed by atoms with van der Waals surface area (Å²) in [4.78, 5) is 3.99. The number of ether oxygens (including phenoxy) is 1. The van der Waals surface area contributed by atoms with Crippen molar-refractivity contribution in [3.63, 3.8) is 0 Å². The molecule has 108 valence electrons. The van der Waals surface area contributed by atoms with Gasteiger partial charge in [-0.3, -0.25) is 0 Å². The van der Waals surface area contributed by atoms with Gasteiger partial charge in [0.05, 0.1) is 5.69 Å². The Kier molecular flexibility index (Phi) is 6.20. The standard InChI is InChI=1S/C12H21N3O3S/c1-4-13-11-7-5-8-14-12(11)19(16,17)15(2)9-6-10-18-3/h5,7-8,13H,4,6,9-10H2,1-3H3. The Bertz CT molecular complexity index is 491. The Morgan fingerprint density at radius 3 is 2.84 bits per heavy atom. The van der Waals surface area contributed by atoms with Crippen molar-refractivity contribution >= 4 is 15.7 Å². The minimum absolute atomic E-state index is 0.0665. The second-order valence-corrected chi connectivity index (χ2v) is 6.02. The lowest BCUT2D eigenvalue weighted by Gasteiger charge is -2.18. The largest absolute Gasteiger partial charge is 0.385 e. The molecular weight excluding hydrogens is 266 g/mol. The van der Waals surface area contributed by atoms with Crippen LogP contribution in [0.5, 0.6) is 0 Å². The topological polar surface area (TPSA) is 71.5 Å². The van der Waals surface area contributed by atoms with Crippen LogP contribution in [0.2, 0.25) is 0 Å². The Labute approximate surface area is 114 Å². The van der Waals surface area contributed by atoms with E-state index in [4.69, 9.17) is 4.74 Å². The molecule has 0 aliphatic rings. The van der Waals surface area contributed by atoms with Crippen molar-refractivity contribution in [2.75, 3.05) is 39.2 Å². The summed E-state index contributed by atoms with van der Waals surface area (Å²) in [5.41, 5.74) is 0.531. The summed E-state index contributed by atoms with van der Waals surface area (Å²) in [6.07, 6.45) is 2.13. The Hall–Kier alpha value is -1.18. The number of hydrogen-bond acceptors (Lipinski definition) is 5. The number of pyridine rings is 1. The van der Waals surface area contributed by atoms with Crippen molar-refractivity contribution < 1.29 is 13.2 Å². The van der Waals surface area contributed by atoms with Gasteiger partial charge in [-0.2, -0.15) is 4.31 Å².